The number of hydrogen-bond donors (Lipinski definition) is 1. The molecule has 4 rings (SSSR count). The number of rotatable bonds is 6. The Morgan fingerprint density at radius 3 is 2.44 bits per heavy atom. The highest BCUT2D eigenvalue weighted by Crippen LogP contribution is 2.29. The summed E-state index contributed by atoms with van der Waals surface area (Å²) in [5.41, 5.74) is 5.86. The number of hydrogen-bond acceptors (Lipinski definition) is 5. The molecule has 0 radical (unpaired) electrons. The highest BCUT2D eigenvalue weighted by molar-refractivity contribution is 9.10. The first-order chi connectivity index (χ1) is 15.4. The minimum absolute atomic E-state index is 0.0900. The lowest BCUT2D eigenvalue weighted by atomic mass is 10.1. The van der Waals surface area contributed by atoms with Crippen LogP contribution >= 0.6 is 27.7 Å². The molecule has 162 valence electrons. The number of aryl methyl sites for hydroxylation is 3. The Morgan fingerprint density at radius 2 is 1.75 bits per heavy atom. The Morgan fingerprint density at radius 1 is 1.03 bits per heavy atom. The molecule has 2 aromatic heterocycles. The van der Waals surface area contributed by atoms with Crippen LogP contribution < -0.4 is 5.32 Å². The van der Waals surface area contributed by atoms with E-state index < -0.39 is 0 Å². The largest absolute Gasteiger partial charge is 0.325 e. The third kappa shape index (κ3) is 4.92. The standard InChI is InChI=1S/C24H22BrN5OS/c1-15-5-4-6-20(11-15)30-23(18-7-9-26-10-8-18)28-29-24(30)32-14-21(31)27-22-16(2)12-19(25)13-17(22)3/h4-13H,14H2,1-3H3,(H,27,31). The summed E-state index contributed by atoms with van der Waals surface area (Å²) in [4.78, 5) is 16.8. The van der Waals surface area contributed by atoms with Gasteiger partial charge in [0.15, 0.2) is 11.0 Å². The van der Waals surface area contributed by atoms with Gasteiger partial charge in [-0.2, -0.15) is 0 Å². The lowest BCUT2D eigenvalue weighted by Gasteiger charge is -2.13. The van der Waals surface area contributed by atoms with Gasteiger partial charge in [0.2, 0.25) is 5.91 Å². The first kappa shape index (κ1) is 22.2. The Balaban J connectivity index is 1.60. The van der Waals surface area contributed by atoms with Gasteiger partial charge in [-0.05, 0) is 73.9 Å². The second kappa shape index (κ2) is 9.67. The highest BCUT2D eigenvalue weighted by atomic mass is 79.9. The van der Waals surface area contributed by atoms with Crippen molar-refractivity contribution in [2.75, 3.05) is 11.1 Å². The van der Waals surface area contributed by atoms with E-state index in [9.17, 15) is 4.79 Å². The first-order valence-electron chi connectivity index (χ1n) is 10.0. The van der Waals surface area contributed by atoms with Crippen LogP contribution in [0.3, 0.4) is 0 Å². The summed E-state index contributed by atoms with van der Waals surface area (Å²) in [6.45, 7) is 6.01. The number of anilines is 1. The van der Waals surface area contributed by atoms with E-state index >= 15 is 0 Å². The summed E-state index contributed by atoms with van der Waals surface area (Å²) in [7, 11) is 0. The van der Waals surface area contributed by atoms with Crippen LogP contribution in [0.4, 0.5) is 5.69 Å². The minimum Gasteiger partial charge on any atom is -0.325 e. The number of amides is 1. The molecular formula is C24H22BrN5OS. The van der Waals surface area contributed by atoms with E-state index in [0.29, 0.717) is 11.0 Å². The van der Waals surface area contributed by atoms with Gasteiger partial charge in [-0.15, -0.1) is 10.2 Å². The molecule has 0 saturated carbocycles. The highest BCUT2D eigenvalue weighted by Gasteiger charge is 2.18. The Labute approximate surface area is 199 Å². The fourth-order valence-electron chi connectivity index (χ4n) is 3.46. The average molecular weight is 508 g/mol. The van der Waals surface area contributed by atoms with Gasteiger partial charge in [0.25, 0.3) is 0 Å². The molecule has 32 heavy (non-hydrogen) atoms. The van der Waals surface area contributed by atoms with E-state index in [0.717, 1.165) is 38.1 Å². The van der Waals surface area contributed by atoms with Gasteiger partial charge in [-0.1, -0.05) is 39.8 Å². The zero-order valence-electron chi connectivity index (χ0n) is 18.0. The fourth-order valence-corrected chi connectivity index (χ4v) is 4.90. The van der Waals surface area contributed by atoms with E-state index in [-0.39, 0.29) is 11.7 Å². The smallest absolute Gasteiger partial charge is 0.234 e. The van der Waals surface area contributed by atoms with Gasteiger partial charge in [0.1, 0.15) is 0 Å². The lowest BCUT2D eigenvalue weighted by Crippen LogP contribution is -2.16. The van der Waals surface area contributed by atoms with Crippen LogP contribution in [0.25, 0.3) is 17.1 Å². The molecule has 0 unspecified atom stereocenters. The maximum Gasteiger partial charge on any atom is 0.234 e. The Bertz CT molecular complexity index is 1250. The molecule has 1 N–H and O–H groups in total. The normalized spacial score (nSPS) is 10.9. The van der Waals surface area contributed by atoms with E-state index in [1.807, 2.05) is 67.8 Å². The van der Waals surface area contributed by atoms with Crippen molar-refractivity contribution in [2.45, 2.75) is 25.9 Å². The summed E-state index contributed by atoms with van der Waals surface area (Å²) in [6.07, 6.45) is 3.46. The minimum atomic E-state index is -0.0900. The van der Waals surface area contributed by atoms with Gasteiger partial charge in [0.05, 0.1) is 5.75 Å². The van der Waals surface area contributed by atoms with Crippen molar-refractivity contribution in [3.63, 3.8) is 0 Å². The van der Waals surface area contributed by atoms with E-state index in [1.54, 1.807) is 12.4 Å². The molecular weight excluding hydrogens is 486 g/mol. The van der Waals surface area contributed by atoms with Crippen LogP contribution in [0.5, 0.6) is 0 Å². The van der Waals surface area contributed by atoms with Crippen molar-refractivity contribution >= 4 is 39.3 Å². The number of thioether (sulfide) groups is 1. The number of aromatic nitrogens is 4. The van der Waals surface area contributed by atoms with Crippen molar-refractivity contribution in [1.29, 1.82) is 0 Å². The number of pyridine rings is 1. The molecule has 8 heteroatoms. The van der Waals surface area contributed by atoms with Gasteiger partial charge in [0, 0.05) is 33.8 Å². The molecule has 6 nitrogen and oxygen atoms in total. The number of carbonyl (C=O) groups excluding carboxylic acids is 1. The van der Waals surface area contributed by atoms with Gasteiger partial charge >= 0.3 is 0 Å². The zero-order chi connectivity index (χ0) is 22.7. The van der Waals surface area contributed by atoms with Crippen LogP contribution in [0.1, 0.15) is 16.7 Å². The quantitative estimate of drug-likeness (QED) is 0.336. The number of halogens is 1. The monoisotopic (exact) mass is 507 g/mol. The summed E-state index contributed by atoms with van der Waals surface area (Å²) < 4.78 is 2.98. The van der Waals surface area contributed by atoms with Crippen molar-refractivity contribution < 1.29 is 4.79 Å². The Kier molecular flexibility index (Phi) is 6.72. The Hall–Kier alpha value is -2.97. The third-order valence-electron chi connectivity index (χ3n) is 4.93. The van der Waals surface area contributed by atoms with Crippen molar-refractivity contribution in [1.82, 2.24) is 19.7 Å². The van der Waals surface area contributed by atoms with Crippen molar-refractivity contribution in [2.24, 2.45) is 0 Å². The molecule has 0 aliphatic heterocycles. The fraction of sp³-hybridized carbons (Fsp3) is 0.167. The van der Waals surface area contributed by atoms with Gasteiger partial charge in [-0.3, -0.25) is 14.3 Å². The molecule has 0 fully saturated rings. The van der Waals surface area contributed by atoms with E-state index in [4.69, 9.17) is 0 Å². The number of benzene rings is 2. The molecule has 0 atom stereocenters. The third-order valence-corrected chi connectivity index (χ3v) is 6.31. The van der Waals surface area contributed by atoms with Crippen LogP contribution in [-0.4, -0.2) is 31.4 Å². The topological polar surface area (TPSA) is 72.7 Å². The van der Waals surface area contributed by atoms with E-state index in [2.05, 4.69) is 42.5 Å². The summed E-state index contributed by atoms with van der Waals surface area (Å²) in [6, 6.07) is 15.9. The van der Waals surface area contributed by atoms with Crippen LogP contribution in [0, 0.1) is 20.8 Å². The molecule has 4 aromatic rings. The zero-order valence-corrected chi connectivity index (χ0v) is 20.4. The van der Waals surface area contributed by atoms with Crippen LogP contribution in [-0.2, 0) is 4.79 Å². The number of carbonyl (C=O) groups is 1. The van der Waals surface area contributed by atoms with Crippen LogP contribution in [0.15, 0.2) is 70.6 Å². The van der Waals surface area contributed by atoms with Crippen LogP contribution in [0.2, 0.25) is 0 Å². The average Bonchev–Trinajstić information content (AvgIpc) is 3.19. The lowest BCUT2D eigenvalue weighted by molar-refractivity contribution is -0.113. The van der Waals surface area contributed by atoms with Crippen molar-refractivity contribution in [3.8, 4) is 17.1 Å². The van der Waals surface area contributed by atoms with Crippen molar-refractivity contribution in [3.05, 3.63) is 82.1 Å². The molecule has 0 spiro atoms. The molecule has 2 heterocycles. The molecule has 0 bridgehead atoms. The second-order valence-electron chi connectivity index (χ2n) is 7.47. The maximum absolute atomic E-state index is 12.7. The predicted molar refractivity (Wildman–Crippen MR) is 132 cm³/mol. The SMILES string of the molecule is Cc1cccc(-n2c(SCC(=O)Nc3c(C)cc(Br)cc3C)nnc2-c2ccncc2)c1. The van der Waals surface area contributed by atoms with Gasteiger partial charge in [-0.25, -0.2) is 0 Å². The first-order valence-corrected chi connectivity index (χ1v) is 11.8. The maximum atomic E-state index is 12.7. The summed E-state index contributed by atoms with van der Waals surface area (Å²) in [5, 5.41) is 12.5. The predicted octanol–water partition coefficient (Wildman–Crippen LogP) is 5.75. The number of nitrogens with zero attached hydrogens (tertiary/aromatic N) is 4. The second-order valence-corrected chi connectivity index (χ2v) is 9.33. The summed E-state index contributed by atoms with van der Waals surface area (Å²) >= 11 is 4.85. The summed E-state index contributed by atoms with van der Waals surface area (Å²) in [5.74, 6) is 0.836. The molecule has 0 aliphatic carbocycles. The molecule has 2 aromatic carbocycles. The van der Waals surface area contributed by atoms with Gasteiger partial charge < -0.3 is 5.32 Å². The molecule has 1 amide bonds. The number of nitrogens with one attached hydrogen (secondary N) is 1. The van der Waals surface area contributed by atoms with E-state index in [1.165, 1.54) is 11.8 Å². The molecule has 0 aliphatic rings. The molecule has 0 saturated heterocycles.